The van der Waals surface area contributed by atoms with Gasteiger partial charge in [0.25, 0.3) is 5.91 Å². The van der Waals surface area contributed by atoms with Gasteiger partial charge >= 0.3 is 0 Å². The maximum atomic E-state index is 11.9. The van der Waals surface area contributed by atoms with E-state index in [4.69, 9.17) is 4.42 Å². The number of nitrogens with one attached hydrogen (secondary N) is 1. The molecule has 0 bridgehead atoms. The highest BCUT2D eigenvalue weighted by Crippen LogP contribution is 2.31. The van der Waals surface area contributed by atoms with Gasteiger partial charge in [-0.05, 0) is 30.9 Å². The molecule has 1 fully saturated rings. The molecule has 0 saturated heterocycles. The van der Waals surface area contributed by atoms with Gasteiger partial charge < -0.3 is 14.8 Å². The highest BCUT2D eigenvalue weighted by Gasteiger charge is 2.33. The topological polar surface area (TPSA) is 62.5 Å². The summed E-state index contributed by atoms with van der Waals surface area (Å²) < 4.78 is 5.39. The zero-order chi connectivity index (χ0) is 13.9. The Bertz CT molecular complexity index is 440. The van der Waals surface area contributed by atoms with Crippen LogP contribution in [0.5, 0.6) is 0 Å². The Kier molecular flexibility index (Phi) is 4.30. The average Bonchev–Trinajstić information content (AvgIpc) is 2.84. The van der Waals surface area contributed by atoms with E-state index in [1.54, 1.807) is 6.07 Å². The van der Waals surface area contributed by atoms with Crippen molar-refractivity contribution in [2.45, 2.75) is 51.6 Å². The molecule has 0 spiro atoms. The zero-order valence-electron chi connectivity index (χ0n) is 11.7. The second kappa shape index (κ2) is 5.78. The second-order valence-corrected chi connectivity index (χ2v) is 5.73. The summed E-state index contributed by atoms with van der Waals surface area (Å²) in [4.78, 5) is 11.9. The first-order valence-corrected chi connectivity index (χ1v) is 7.12. The Morgan fingerprint density at radius 1 is 1.58 bits per heavy atom. The van der Waals surface area contributed by atoms with E-state index in [1.165, 1.54) is 0 Å². The molecule has 2 N–H and O–H groups in total. The van der Waals surface area contributed by atoms with Crippen molar-refractivity contribution in [3.05, 3.63) is 23.7 Å². The Balaban J connectivity index is 1.89. The molecule has 4 heteroatoms. The number of carbonyl (C=O) groups is 1. The van der Waals surface area contributed by atoms with Crippen molar-refractivity contribution in [1.82, 2.24) is 5.32 Å². The molecule has 1 saturated carbocycles. The quantitative estimate of drug-likeness (QED) is 0.879. The van der Waals surface area contributed by atoms with E-state index in [1.807, 2.05) is 13.0 Å². The van der Waals surface area contributed by atoms with Crippen LogP contribution in [0.2, 0.25) is 0 Å². The van der Waals surface area contributed by atoms with Crippen LogP contribution < -0.4 is 5.32 Å². The van der Waals surface area contributed by atoms with Crippen molar-refractivity contribution in [2.24, 2.45) is 5.92 Å². The van der Waals surface area contributed by atoms with Gasteiger partial charge in [-0.25, -0.2) is 0 Å². The molecular weight excluding hydrogens is 242 g/mol. The Morgan fingerprint density at radius 3 is 3.00 bits per heavy atom. The van der Waals surface area contributed by atoms with Gasteiger partial charge in [0.1, 0.15) is 5.76 Å². The molecule has 19 heavy (non-hydrogen) atoms. The summed E-state index contributed by atoms with van der Waals surface area (Å²) in [6.45, 7) is 4.43. The van der Waals surface area contributed by atoms with Crippen LogP contribution >= 0.6 is 0 Å². The molecule has 1 aliphatic carbocycles. The molecule has 0 aliphatic heterocycles. The highest BCUT2D eigenvalue weighted by atomic mass is 16.3. The van der Waals surface area contributed by atoms with Gasteiger partial charge in [0, 0.05) is 13.0 Å². The zero-order valence-corrected chi connectivity index (χ0v) is 11.7. The maximum absolute atomic E-state index is 11.9. The molecule has 0 aromatic carbocycles. The van der Waals surface area contributed by atoms with Crippen molar-refractivity contribution in [1.29, 1.82) is 0 Å². The average molecular weight is 265 g/mol. The van der Waals surface area contributed by atoms with E-state index in [0.717, 1.165) is 37.9 Å². The standard InChI is InChI=1S/C15H23NO3/c1-3-12-6-7-13(19-12)14(17)16-10-15(18)8-4-5-11(2)9-15/h6-7,11,18H,3-5,8-10H2,1-2H3,(H,16,17). The Morgan fingerprint density at radius 2 is 2.37 bits per heavy atom. The first-order chi connectivity index (χ1) is 9.02. The van der Waals surface area contributed by atoms with Gasteiger partial charge in [-0.2, -0.15) is 0 Å². The van der Waals surface area contributed by atoms with Crippen molar-refractivity contribution >= 4 is 5.91 Å². The highest BCUT2D eigenvalue weighted by molar-refractivity contribution is 5.91. The molecule has 106 valence electrons. The van der Waals surface area contributed by atoms with Crippen molar-refractivity contribution < 1.29 is 14.3 Å². The lowest BCUT2D eigenvalue weighted by molar-refractivity contribution is -0.0111. The van der Waals surface area contributed by atoms with Gasteiger partial charge in [0.15, 0.2) is 5.76 Å². The first-order valence-electron chi connectivity index (χ1n) is 7.12. The van der Waals surface area contributed by atoms with E-state index < -0.39 is 5.60 Å². The Labute approximate surface area is 114 Å². The SMILES string of the molecule is CCc1ccc(C(=O)NCC2(O)CCCC(C)C2)o1. The van der Waals surface area contributed by atoms with Gasteiger partial charge in [-0.15, -0.1) is 0 Å². The normalized spacial score (nSPS) is 27.2. The molecule has 1 aromatic rings. The van der Waals surface area contributed by atoms with Crippen LogP contribution in [-0.4, -0.2) is 23.2 Å². The fraction of sp³-hybridized carbons (Fsp3) is 0.667. The predicted octanol–water partition coefficient (Wildman–Crippen LogP) is 2.51. The van der Waals surface area contributed by atoms with E-state index in [9.17, 15) is 9.90 Å². The number of hydrogen-bond donors (Lipinski definition) is 2. The number of carbonyl (C=O) groups excluding carboxylic acids is 1. The minimum absolute atomic E-state index is 0.244. The molecule has 1 amide bonds. The van der Waals surface area contributed by atoms with Crippen molar-refractivity contribution in [3.63, 3.8) is 0 Å². The molecule has 0 radical (unpaired) electrons. The van der Waals surface area contributed by atoms with Crippen LogP contribution in [0.4, 0.5) is 0 Å². The number of aryl methyl sites for hydroxylation is 1. The third kappa shape index (κ3) is 3.60. The molecular formula is C15H23NO3. The third-order valence-electron chi connectivity index (χ3n) is 3.88. The van der Waals surface area contributed by atoms with Crippen LogP contribution in [-0.2, 0) is 6.42 Å². The largest absolute Gasteiger partial charge is 0.456 e. The molecule has 1 heterocycles. The van der Waals surface area contributed by atoms with Crippen molar-refractivity contribution in [3.8, 4) is 0 Å². The Hall–Kier alpha value is -1.29. The number of amides is 1. The lowest BCUT2D eigenvalue weighted by Crippen LogP contribution is -2.45. The number of aliphatic hydroxyl groups is 1. The molecule has 1 aromatic heterocycles. The van der Waals surface area contributed by atoms with E-state index >= 15 is 0 Å². The van der Waals surface area contributed by atoms with Crippen LogP contribution in [0.3, 0.4) is 0 Å². The summed E-state index contributed by atoms with van der Waals surface area (Å²) in [5.41, 5.74) is -0.756. The summed E-state index contributed by atoms with van der Waals surface area (Å²) in [6, 6.07) is 3.49. The van der Waals surface area contributed by atoms with Crippen LogP contribution in [0.25, 0.3) is 0 Å². The number of rotatable bonds is 4. The minimum atomic E-state index is -0.756. The summed E-state index contributed by atoms with van der Waals surface area (Å²) in [5.74, 6) is 1.40. The summed E-state index contributed by atoms with van der Waals surface area (Å²) in [7, 11) is 0. The molecule has 2 unspecified atom stereocenters. The van der Waals surface area contributed by atoms with Gasteiger partial charge in [0.05, 0.1) is 5.60 Å². The molecule has 4 nitrogen and oxygen atoms in total. The fourth-order valence-corrected chi connectivity index (χ4v) is 2.81. The molecule has 2 rings (SSSR count). The van der Waals surface area contributed by atoms with E-state index in [-0.39, 0.29) is 5.91 Å². The van der Waals surface area contributed by atoms with Gasteiger partial charge in [-0.1, -0.05) is 26.7 Å². The lowest BCUT2D eigenvalue weighted by atomic mass is 9.79. The minimum Gasteiger partial charge on any atom is -0.456 e. The summed E-state index contributed by atoms with van der Waals surface area (Å²) in [6.07, 6.45) is 4.47. The molecule has 1 aliphatic rings. The number of hydrogen-bond acceptors (Lipinski definition) is 3. The van der Waals surface area contributed by atoms with E-state index in [2.05, 4.69) is 12.2 Å². The monoisotopic (exact) mass is 265 g/mol. The molecule has 2 atom stereocenters. The second-order valence-electron chi connectivity index (χ2n) is 5.73. The van der Waals surface area contributed by atoms with Crippen LogP contribution in [0.1, 0.15) is 55.8 Å². The predicted molar refractivity (Wildman–Crippen MR) is 73.0 cm³/mol. The van der Waals surface area contributed by atoms with Crippen LogP contribution in [0, 0.1) is 5.92 Å². The third-order valence-corrected chi connectivity index (χ3v) is 3.88. The van der Waals surface area contributed by atoms with Gasteiger partial charge in [0.2, 0.25) is 0 Å². The summed E-state index contributed by atoms with van der Waals surface area (Å²) in [5, 5.41) is 13.2. The smallest absolute Gasteiger partial charge is 0.287 e. The first kappa shape index (κ1) is 14.1. The van der Waals surface area contributed by atoms with Gasteiger partial charge in [-0.3, -0.25) is 4.79 Å². The lowest BCUT2D eigenvalue weighted by Gasteiger charge is -2.35. The number of furan rings is 1. The van der Waals surface area contributed by atoms with E-state index in [0.29, 0.717) is 18.2 Å². The summed E-state index contributed by atoms with van der Waals surface area (Å²) >= 11 is 0. The van der Waals surface area contributed by atoms with Crippen molar-refractivity contribution in [2.75, 3.05) is 6.54 Å². The van der Waals surface area contributed by atoms with Crippen LogP contribution in [0.15, 0.2) is 16.5 Å². The fourth-order valence-electron chi connectivity index (χ4n) is 2.81. The maximum Gasteiger partial charge on any atom is 0.287 e.